The average molecular weight is 263 g/mol. The van der Waals surface area contributed by atoms with Crippen molar-refractivity contribution in [2.45, 2.75) is 45.2 Å². The molecular weight excluding hydrogens is 238 g/mol. The van der Waals surface area contributed by atoms with Gasteiger partial charge >= 0.3 is 0 Å². The second kappa shape index (κ2) is 7.16. The van der Waals surface area contributed by atoms with E-state index in [0.717, 1.165) is 31.4 Å². The van der Waals surface area contributed by atoms with Crippen LogP contribution in [0.25, 0.3) is 0 Å². The van der Waals surface area contributed by atoms with Crippen molar-refractivity contribution < 1.29 is 0 Å². The fraction of sp³-hybridized carbons (Fsp3) is 0.714. The number of rotatable bonds is 7. The van der Waals surface area contributed by atoms with Crippen molar-refractivity contribution in [3.8, 4) is 0 Å². The minimum absolute atomic E-state index is 0.636. The standard InChI is InChI=1S/C14H25N5/c1-3-6-12-11-13(12)18-14(15-2)16-7-4-9-19-10-5-8-17-19/h5,8,10,12-13H,3-4,6-7,9,11H2,1-2H3,(H2,15,16,18). The topological polar surface area (TPSA) is 54.2 Å². The third kappa shape index (κ3) is 4.58. The van der Waals surface area contributed by atoms with E-state index in [0.29, 0.717) is 6.04 Å². The Morgan fingerprint density at radius 3 is 3.11 bits per heavy atom. The molecule has 0 saturated heterocycles. The molecule has 0 spiro atoms. The first-order chi connectivity index (χ1) is 9.33. The van der Waals surface area contributed by atoms with E-state index in [4.69, 9.17) is 0 Å². The predicted octanol–water partition coefficient (Wildman–Crippen LogP) is 1.63. The molecule has 106 valence electrons. The van der Waals surface area contributed by atoms with Gasteiger partial charge in [0, 0.05) is 38.6 Å². The Morgan fingerprint density at radius 2 is 2.42 bits per heavy atom. The Balaban J connectivity index is 1.58. The van der Waals surface area contributed by atoms with Crippen LogP contribution in [-0.2, 0) is 6.54 Å². The van der Waals surface area contributed by atoms with Gasteiger partial charge in [-0.05, 0) is 31.2 Å². The summed E-state index contributed by atoms with van der Waals surface area (Å²) in [5.41, 5.74) is 0. The third-order valence-electron chi connectivity index (χ3n) is 3.54. The number of nitrogens with zero attached hydrogens (tertiary/aromatic N) is 3. The van der Waals surface area contributed by atoms with E-state index in [-0.39, 0.29) is 0 Å². The highest BCUT2D eigenvalue weighted by Crippen LogP contribution is 2.34. The Labute approximate surface area is 115 Å². The Morgan fingerprint density at radius 1 is 1.53 bits per heavy atom. The van der Waals surface area contributed by atoms with Crippen LogP contribution in [-0.4, -0.2) is 35.4 Å². The van der Waals surface area contributed by atoms with Crippen LogP contribution in [0.3, 0.4) is 0 Å². The van der Waals surface area contributed by atoms with Gasteiger partial charge in [-0.25, -0.2) is 0 Å². The second-order valence-electron chi connectivity index (χ2n) is 5.16. The summed E-state index contributed by atoms with van der Waals surface area (Å²) in [5, 5.41) is 11.0. The lowest BCUT2D eigenvalue weighted by molar-refractivity contribution is 0.569. The van der Waals surface area contributed by atoms with Gasteiger partial charge in [-0.2, -0.15) is 5.10 Å². The van der Waals surface area contributed by atoms with E-state index in [1.54, 1.807) is 0 Å². The van der Waals surface area contributed by atoms with Crippen LogP contribution in [0.4, 0.5) is 0 Å². The zero-order valence-corrected chi connectivity index (χ0v) is 12.0. The largest absolute Gasteiger partial charge is 0.356 e. The second-order valence-corrected chi connectivity index (χ2v) is 5.16. The molecule has 0 amide bonds. The van der Waals surface area contributed by atoms with Gasteiger partial charge in [-0.1, -0.05) is 13.3 Å². The maximum atomic E-state index is 4.27. The molecule has 1 heterocycles. The molecule has 2 rings (SSSR count). The first-order valence-corrected chi connectivity index (χ1v) is 7.28. The molecule has 1 aromatic heterocycles. The van der Waals surface area contributed by atoms with Gasteiger partial charge in [0.1, 0.15) is 0 Å². The van der Waals surface area contributed by atoms with Crippen molar-refractivity contribution >= 4 is 5.96 Å². The summed E-state index contributed by atoms with van der Waals surface area (Å²) in [6.07, 6.45) is 8.75. The van der Waals surface area contributed by atoms with Crippen molar-refractivity contribution in [1.82, 2.24) is 20.4 Å². The van der Waals surface area contributed by atoms with Crippen LogP contribution in [0.15, 0.2) is 23.5 Å². The smallest absolute Gasteiger partial charge is 0.191 e. The number of nitrogens with one attached hydrogen (secondary N) is 2. The monoisotopic (exact) mass is 263 g/mol. The molecule has 2 unspecified atom stereocenters. The number of aliphatic imine (C=N–C) groups is 1. The summed E-state index contributed by atoms with van der Waals surface area (Å²) in [6, 6.07) is 2.59. The predicted molar refractivity (Wildman–Crippen MR) is 78.1 cm³/mol. The van der Waals surface area contributed by atoms with E-state index < -0.39 is 0 Å². The first kappa shape index (κ1) is 13.9. The van der Waals surface area contributed by atoms with Crippen LogP contribution in [0, 0.1) is 5.92 Å². The van der Waals surface area contributed by atoms with Gasteiger partial charge < -0.3 is 10.6 Å². The number of aromatic nitrogens is 2. The Hall–Kier alpha value is -1.52. The summed E-state index contributed by atoms with van der Waals surface area (Å²) in [6.45, 7) is 4.11. The fourth-order valence-electron chi connectivity index (χ4n) is 2.37. The van der Waals surface area contributed by atoms with Gasteiger partial charge in [0.15, 0.2) is 5.96 Å². The SMILES string of the molecule is CCCC1CC1NC(=NC)NCCCn1cccn1. The fourth-order valence-corrected chi connectivity index (χ4v) is 2.37. The molecule has 19 heavy (non-hydrogen) atoms. The highest BCUT2D eigenvalue weighted by molar-refractivity contribution is 5.80. The van der Waals surface area contributed by atoms with Crippen molar-refractivity contribution in [1.29, 1.82) is 0 Å². The minimum atomic E-state index is 0.636. The van der Waals surface area contributed by atoms with Gasteiger partial charge in [0.2, 0.25) is 0 Å². The normalized spacial score (nSPS) is 22.3. The third-order valence-corrected chi connectivity index (χ3v) is 3.54. The maximum Gasteiger partial charge on any atom is 0.191 e. The molecule has 2 atom stereocenters. The number of hydrogen-bond acceptors (Lipinski definition) is 2. The minimum Gasteiger partial charge on any atom is -0.356 e. The number of guanidine groups is 1. The molecule has 0 radical (unpaired) electrons. The van der Waals surface area contributed by atoms with Crippen LogP contribution in [0.5, 0.6) is 0 Å². The van der Waals surface area contributed by atoms with Crippen LogP contribution >= 0.6 is 0 Å². The lowest BCUT2D eigenvalue weighted by Gasteiger charge is -2.11. The van der Waals surface area contributed by atoms with Gasteiger partial charge in [0.05, 0.1) is 0 Å². The summed E-state index contributed by atoms with van der Waals surface area (Å²) in [5.74, 6) is 1.79. The Bertz CT molecular complexity index is 385. The first-order valence-electron chi connectivity index (χ1n) is 7.28. The molecule has 1 aromatic rings. The molecule has 2 N–H and O–H groups in total. The summed E-state index contributed by atoms with van der Waals surface area (Å²) in [7, 11) is 1.83. The molecule has 1 aliphatic rings. The molecule has 0 aliphatic heterocycles. The molecule has 1 aliphatic carbocycles. The molecule has 0 aromatic carbocycles. The van der Waals surface area contributed by atoms with E-state index in [1.807, 2.05) is 30.2 Å². The number of aryl methyl sites for hydroxylation is 1. The van der Waals surface area contributed by atoms with E-state index in [9.17, 15) is 0 Å². The summed E-state index contributed by atoms with van der Waals surface area (Å²) in [4.78, 5) is 4.27. The van der Waals surface area contributed by atoms with Crippen molar-refractivity contribution in [3.05, 3.63) is 18.5 Å². The number of hydrogen-bond donors (Lipinski definition) is 2. The van der Waals surface area contributed by atoms with Gasteiger partial charge in [-0.15, -0.1) is 0 Å². The van der Waals surface area contributed by atoms with Crippen molar-refractivity contribution in [3.63, 3.8) is 0 Å². The maximum absolute atomic E-state index is 4.27. The zero-order chi connectivity index (χ0) is 13.5. The Kier molecular flexibility index (Phi) is 5.24. The van der Waals surface area contributed by atoms with E-state index >= 15 is 0 Å². The van der Waals surface area contributed by atoms with Gasteiger partial charge in [0.25, 0.3) is 0 Å². The van der Waals surface area contributed by atoms with Crippen molar-refractivity contribution in [2.75, 3.05) is 13.6 Å². The highest BCUT2D eigenvalue weighted by Gasteiger charge is 2.36. The lowest BCUT2D eigenvalue weighted by Crippen LogP contribution is -2.39. The quantitative estimate of drug-likeness (QED) is 0.446. The van der Waals surface area contributed by atoms with Crippen LogP contribution in [0.2, 0.25) is 0 Å². The highest BCUT2D eigenvalue weighted by atomic mass is 15.3. The zero-order valence-electron chi connectivity index (χ0n) is 12.0. The molecule has 0 bridgehead atoms. The summed E-state index contributed by atoms with van der Waals surface area (Å²) >= 11 is 0. The molecule has 5 heteroatoms. The lowest BCUT2D eigenvalue weighted by atomic mass is 10.2. The van der Waals surface area contributed by atoms with Gasteiger partial charge in [-0.3, -0.25) is 9.67 Å². The van der Waals surface area contributed by atoms with Crippen molar-refractivity contribution in [2.24, 2.45) is 10.9 Å². The molecule has 1 fully saturated rings. The molecular formula is C14H25N5. The molecule has 1 saturated carbocycles. The summed E-state index contributed by atoms with van der Waals surface area (Å²) < 4.78 is 1.95. The average Bonchev–Trinajstić information content (AvgIpc) is 2.93. The van der Waals surface area contributed by atoms with Crippen LogP contribution < -0.4 is 10.6 Å². The van der Waals surface area contributed by atoms with E-state index in [1.165, 1.54) is 19.3 Å². The van der Waals surface area contributed by atoms with Crippen LogP contribution in [0.1, 0.15) is 32.6 Å². The molecule has 5 nitrogen and oxygen atoms in total. The van der Waals surface area contributed by atoms with E-state index in [2.05, 4.69) is 27.6 Å².